The third-order valence-electron chi connectivity index (χ3n) is 5.09. The number of primary amides is 1. The molecule has 4 rings (SSSR count). The number of carbonyl (C=O) groups excluding carboxylic acids is 1. The number of halogens is 1. The number of methoxy groups -OCH3 is 1. The number of urea groups is 1. The zero-order chi connectivity index (χ0) is 24.8. The molecule has 35 heavy (non-hydrogen) atoms. The van der Waals surface area contributed by atoms with Gasteiger partial charge in [-0.2, -0.15) is 5.26 Å². The highest BCUT2D eigenvalue weighted by molar-refractivity contribution is 5.98. The first-order valence-corrected chi connectivity index (χ1v) is 10.6. The van der Waals surface area contributed by atoms with Crippen LogP contribution in [0.5, 0.6) is 17.2 Å². The summed E-state index contributed by atoms with van der Waals surface area (Å²) < 4.78 is 31.6. The molecule has 3 aromatic carbocycles. The van der Waals surface area contributed by atoms with E-state index in [1.165, 1.54) is 18.3 Å². The third-order valence-corrected chi connectivity index (χ3v) is 5.09. The molecule has 9 heteroatoms. The predicted molar refractivity (Wildman–Crippen MR) is 128 cm³/mol. The van der Waals surface area contributed by atoms with Crippen molar-refractivity contribution in [3.63, 3.8) is 0 Å². The van der Waals surface area contributed by atoms with Gasteiger partial charge >= 0.3 is 6.03 Å². The maximum Gasteiger partial charge on any atom is 0.323 e. The van der Waals surface area contributed by atoms with E-state index in [1.807, 2.05) is 0 Å². The van der Waals surface area contributed by atoms with Crippen LogP contribution in [0.3, 0.4) is 0 Å². The molecule has 0 fully saturated rings. The van der Waals surface area contributed by atoms with Gasteiger partial charge in [0.25, 0.3) is 0 Å². The SMILES string of the molecule is COCCOc1cc2nccc(Oc3ccc(N(C(N)=O)c4ccccc4)c(F)c3)c2cc1C#N. The van der Waals surface area contributed by atoms with Crippen molar-refractivity contribution in [1.82, 2.24) is 4.98 Å². The predicted octanol–water partition coefficient (Wildman–Crippen LogP) is 5.28. The fourth-order valence-electron chi connectivity index (χ4n) is 3.50. The molecule has 176 valence electrons. The van der Waals surface area contributed by atoms with Gasteiger partial charge in [-0.25, -0.2) is 9.18 Å². The molecule has 8 nitrogen and oxygen atoms in total. The normalized spacial score (nSPS) is 10.5. The Morgan fingerprint density at radius 1 is 1.09 bits per heavy atom. The number of nitrogens with zero attached hydrogens (tertiary/aromatic N) is 3. The van der Waals surface area contributed by atoms with Gasteiger partial charge in [0.1, 0.15) is 29.9 Å². The second-order valence-corrected chi connectivity index (χ2v) is 7.35. The van der Waals surface area contributed by atoms with Gasteiger partial charge in [-0.3, -0.25) is 9.88 Å². The molecule has 0 spiro atoms. The summed E-state index contributed by atoms with van der Waals surface area (Å²) in [7, 11) is 1.56. The summed E-state index contributed by atoms with van der Waals surface area (Å²) in [6.45, 7) is 0.655. The number of pyridine rings is 1. The van der Waals surface area contributed by atoms with E-state index in [2.05, 4.69) is 11.1 Å². The highest BCUT2D eigenvalue weighted by Crippen LogP contribution is 2.35. The number of amides is 2. The molecular formula is C26H21FN4O4. The molecule has 1 aromatic heterocycles. The fourth-order valence-corrected chi connectivity index (χ4v) is 3.50. The van der Waals surface area contributed by atoms with E-state index in [4.69, 9.17) is 19.9 Å². The van der Waals surface area contributed by atoms with Crippen LogP contribution in [0.15, 0.2) is 72.9 Å². The average Bonchev–Trinajstić information content (AvgIpc) is 2.86. The molecule has 0 aliphatic carbocycles. The van der Waals surface area contributed by atoms with Crippen LogP contribution in [-0.2, 0) is 4.74 Å². The Hall–Kier alpha value is -4.68. The lowest BCUT2D eigenvalue weighted by Gasteiger charge is -2.21. The summed E-state index contributed by atoms with van der Waals surface area (Å²) in [4.78, 5) is 17.4. The van der Waals surface area contributed by atoms with Gasteiger partial charge in [-0.15, -0.1) is 0 Å². The van der Waals surface area contributed by atoms with Gasteiger partial charge in [-0.05, 0) is 36.4 Å². The minimum atomic E-state index is -0.823. The van der Waals surface area contributed by atoms with Crippen molar-refractivity contribution in [2.75, 3.05) is 25.2 Å². The van der Waals surface area contributed by atoms with E-state index < -0.39 is 11.8 Å². The van der Waals surface area contributed by atoms with Crippen molar-refractivity contribution >= 4 is 28.3 Å². The molecule has 0 saturated carbocycles. The standard InChI is InChI=1S/C26H21FN4O4/c1-33-11-12-34-25-15-22-20(13-17(25)16-28)24(9-10-30-22)35-19-7-8-23(21(27)14-19)31(26(29)32)18-5-3-2-4-6-18/h2-10,13-15H,11-12H2,1H3,(H2,29,32). The smallest absolute Gasteiger partial charge is 0.323 e. The van der Waals surface area contributed by atoms with Crippen LogP contribution in [0.1, 0.15) is 5.56 Å². The van der Waals surface area contributed by atoms with Gasteiger partial charge in [0.05, 0.1) is 29.1 Å². The molecule has 0 aliphatic heterocycles. The zero-order valence-corrected chi connectivity index (χ0v) is 18.8. The van der Waals surface area contributed by atoms with Crippen LogP contribution in [0.25, 0.3) is 10.9 Å². The summed E-state index contributed by atoms with van der Waals surface area (Å²) in [6.07, 6.45) is 1.54. The molecular weight excluding hydrogens is 451 g/mol. The number of aromatic nitrogens is 1. The van der Waals surface area contributed by atoms with Gasteiger partial charge in [-0.1, -0.05) is 18.2 Å². The van der Waals surface area contributed by atoms with Gasteiger partial charge < -0.3 is 19.9 Å². The Kier molecular flexibility index (Phi) is 7.04. The van der Waals surface area contributed by atoms with Crippen LogP contribution in [0.4, 0.5) is 20.6 Å². The van der Waals surface area contributed by atoms with E-state index >= 15 is 4.39 Å². The quantitative estimate of drug-likeness (QED) is 0.349. The Balaban J connectivity index is 1.66. The fraction of sp³-hybridized carbons (Fsp3) is 0.115. The molecule has 0 radical (unpaired) electrons. The lowest BCUT2D eigenvalue weighted by molar-refractivity contribution is 0.146. The number of benzene rings is 3. The first kappa shape index (κ1) is 23.5. The molecule has 0 bridgehead atoms. The summed E-state index contributed by atoms with van der Waals surface area (Å²) in [5.41, 5.74) is 6.76. The maximum atomic E-state index is 15.1. The molecule has 0 aliphatic rings. The van der Waals surface area contributed by atoms with Gasteiger partial charge in [0.2, 0.25) is 0 Å². The van der Waals surface area contributed by atoms with Crippen molar-refractivity contribution in [3.05, 3.63) is 84.3 Å². The van der Waals surface area contributed by atoms with Crippen molar-refractivity contribution in [3.8, 4) is 23.3 Å². The Morgan fingerprint density at radius 3 is 2.57 bits per heavy atom. The number of hydrogen-bond acceptors (Lipinski definition) is 6. The number of para-hydroxylation sites is 1. The topological polar surface area (TPSA) is 111 Å². The van der Waals surface area contributed by atoms with E-state index in [-0.39, 0.29) is 18.0 Å². The Morgan fingerprint density at radius 2 is 1.89 bits per heavy atom. The second-order valence-electron chi connectivity index (χ2n) is 7.35. The number of fused-ring (bicyclic) bond motifs is 1. The van der Waals surface area contributed by atoms with E-state index in [1.54, 1.807) is 55.6 Å². The van der Waals surface area contributed by atoms with Crippen molar-refractivity contribution in [1.29, 1.82) is 5.26 Å². The summed E-state index contributed by atoms with van der Waals surface area (Å²) in [5, 5.41) is 10.1. The van der Waals surface area contributed by atoms with Crippen LogP contribution in [0, 0.1) is 17.1 Å². The van der Waals surface area contributed by atoms with E-state index in [0.29, 0.717) is 40.3 Å². The molecule has 2 amide bonds. The molecule has 0 atom stereocenters. The highest BCUT2D eigenvalue weighted by atomic mass is 19.1. The Labute approximate surface area is 200 Å². The number of rotatable bonds is 8. The third kappa shape index (κ3) is 5.13. The molecule has 1 heterocycles. The number of nitrogens with two attached hydrogens (primary N) is 1. The first-order valence-electron chi connectivity index (χ1n) is 10.6. The maximum absolute atomic E-state index is 15.1. The summed E-state index contributed by atoms with van der Waals surface area (Å²) in [5.74, 6) is 0.242. The zero-order valence-electron chi connectivity index (χ0n) is 18.8. The second kappa shape index (κ2) is 10.5. The number of hydrogen-bond donors (Lipinski definition) is 1. The monoisotopic (exact) mass is 472 g/mol. The van der Waals surface area contributed by atoms with Crippen LogP contribution < -0.4 is 20.1 Å². The molecule has 0 unspecified atom stereocenters. The minimum Gasteiger partial charge on any atom is -0.490 e. The summed E-state index contributed by atoms with van der Waals surface area (Å²) >= 11 is 0. The van der Waals surface area contributed by atoms with Crippen molar-refractivity contribution in [2.45, 2.75) is 0 Å². The molecule has 0 saturated heterocycles. The lowest BCUT2D eigenvalue weighted by atomic mass is 10.1. The van der Waals surface area contributed by atoms with Crippen molar-refractivity contribution < 1.29 is 23.4 Å². The number of carbonyl (C=O) groups is 1. The highest BCUT2D eigenvalue weighted by Gasteiger charge is 2.20. The van der Waals surface area contributed by atoms with Gasteiger partial charge in [0.15, 0.2) is 5.82 Å². The van der Waals surface area contributed by atoms with Crippen LogP contribution in [-0.4, -0.2) is 31.3 Å². The molecule has 4 aromatic rings. The average molecular weight is 472 g/mol. The first-order chi connectivity index (χ1) is 17.0. The van der Waals surface area contributed by atoms with E-state index in [0.717, 1.165) is 11.0 Å². The largest absolute Gasteiger partial charge is 0.490 e. The number of anilines is 2. The molecule has 2 N–H and O–H groups in total. The number of nitriles is 1. The van der Waals surface area contributed by atoms with Crippen LogP contribution in [0.2, 0.25) is 0 Å². The van der Waals surface area contributed by atoms with E-state index in [9.17, 15) is 10.1 Å². The van der Waals surface area contributed by atoms with Crippen LogP contribution >= 0.6 is 0 Å². The van der Waals surface area contributed by atoms with Crippen molar-refractivity contribution in [2.24, 2.45) is 5.73 Å². The number of ether oxygens (including phenoxy) is 3. The summed E-state index contributed by atoms with van der Waals surface area (Å²) in [6, 6.07) is 18.8. The minimum absolute atomic E-state index is 0.0137. The Bertz CT molecular complexity index is 1410. The van der Waals surface area contributed by atoms with Gasteiger partial charge in [0, 0.05) is 30.8 Å². The lowest BCUT2D eigenvalue weighted by Crippen LogP contribution is -2.32.